The first-order valence-electron chi connectivity index (χ1n) is 3.78. The second kappa shape index (κ2) is 3.36. The second-order valence-corrected chi connectivity index (χ2v) is 2.76. The Morgan fingerprint density at radius 2 is 2.15 bits per heavy atom. The number of Topliss-reactive ketones (excluding diaryl/α,β-unsaturated/α-hetero) is 1. The predicted molar refractivity (Wildman–Crippen MR) is 45.9 cm³/mol. The zero-order valence-corrected chi connectivity index (χ0v) is 7.39. The molecule has 1 aromatic carbocycles. The second-order valence-electron chi connectivity index (χ2n) is 2.76. The minimum absolute atomic E-state index is 0.0484. The van der Waals surface area contributed by atoms with Gasteiger partial charge in [0.05, 0.1) is 5.56 Å². The first-order valence-corrected chi connectivity index (χ1v) is 3.78. The number of hydrogen-bond donors (Lipinski definition) is 0. The van der Waals surface area contributed by atoms with Crippen molar-refractivity contribution in [2.75, 3.05) is 0 Å². The molecule has 0 spiro atoms. The molecule has 0 fully saturated rings. The van der Waals surface area contributed by atoms with Gasteiger partial charge in [0, 0.05) is 5.56 Å². The molecule has 0 atom stereocenters. The van der Waals surface area contributed by atoms with Crippen molar-refractivity contribution in [1.82, 2.24) is 0 Å². The van der Waals surface area contributed by atoms with Gasteiger partial charge in [-0.3, -0.25) is 4.79 Å². The third kappa shape index (κ3) is 1.57. The van der Waals surface area contributed by atoms with Crippen molar-refractivity contribution in [2.24, 2.45) is 0 Å². The van der Waals surface area contributed by atoms with Gasteiger partial charge >= 0.3 is 0 Å². The summed E-state index contributed by atoms with van der Waals surface area (Å²) in [5.41, 5.74) is 0.764. The van der Waals surface area contributed by atoms with Crippen molar-refractivity contribution in [3.05, 3.63) is 34.6 Å². The van der Waals surface area contributed by atoms with Crippen molar-refractivity contribution < 1.29 is 9.18 Å². The van der Waals surface area contributed by atoms with Crippen LogP contribution in [0.5, 0.6) is 0 Å². The zero-order valence-electron chi connectivity index (χ0n) is 7.39. The quantitative estimate of drug-likeness (QED) is 0.617. The number of ketones is 1. The lowest BCUT2D eigenvalue weighted by atomic mass is 10.0. The van der Waals surface area contributed by atoms with E-state index in [-0.39, 0.29) is 11.3 Å². The number of nitrogens with zero attached hydrogens (tertiary/aromatic N) is 1. The Kier molecular flexibility index (Phi) is 2.43. The highest BCUT2D eigenvalue weighted by Gasteiger charge is 2.11. The normalized spacial score (nSPS) is 9.38. The Morgan fingerprint density at radius 3 is 2.62 bits per heavy atom. The van der Waals surface area contributed by atoms with Gasteiger partial charge < -0.3 is 0 Å². The summed E-state index contributed by atoms with van der Waals surface area (Å²) in [6.07, 6.45) is 0. The van der Waals surface area contributed by atoms with Crippen LogP contribution in [-0.4, -0.2) is 5.78 Å². The molecular formula is C10H8FNO. The summed E-state index contributed by atoms with van der Waals surface area (Å²) in [5, 5.41) is 8.60. The molecule has 0 amide bonds. The lowest BCUT2D eigenvalue weighted by Gasteiger charge is -2.03. The van der Waals surface area contributed by atoms with Crippen LogP contribution in [0.1, 0.15) is 28.4 Å². The largest absolute Gasteiger partial charge is 0.295 e. The highest BCUT2D eigenvalue weighted by Crippen LogP contribution is 2.16. The molecular weight excluding hydrogens is 169 g/mol. The van der Waals surface area contributed by atoms with Crippen LogP contribution in [0, 0.1) is 24.1 Å². The third-order valence-electron chi connectivity index (χ3n) is 1.91. The number of rotatable bonds is 1. The number of hydrogen-bond acceptors (Lipinski definition) is 2. The van der Waals surface area contributed by atoms with Gasteiger partial charge in [-0.05, 0) is 31.5 Å². The molecule has 66 valence electrons. The minimum Gasteiger partial charge on any atom is -0.295 e. The molecule has 0 bridgehead atoms. The van der Waals surface area contributed by atoms with Crippen LogP contribution < -0.4 is 0 Å². The average molecular weight is 177 g/mol. The Labute approximate surface area is 75.6 Å². The summed E-state index contributed by atoms with van der Waals surface area (Å²) in [7, 11) is 0. The molecule has 0 aliphatic carbocycles. The van der Waals surface area contributed by atoms with Gasteiger partial charge in [-0.2, -0.15) is 5.26 Å². The van der Waals surface area contributed by atoms with E-state index in [9.17, 15) is 9.18 Å². The highest BCUT2D eigenvalue weighted by molar-refractivity contribution is 5.96. The first kappa shape index (κ1) is 9.40. The van der Waals surface area contributed by atoms with Crippen LogP contribution in [0.25, 0.3) is 0 Å². The van der Waals surface area contributed by atoms with Crippen molar-refractivity contribution in [3.63, 3.8) is 0 Å². The Hall–Kier alpha value is -1.69. The molecule has 0 heterocycles. The summed E-state index contributed by atoms with van der Waals surface area (Å²) in [6.45, 7) is 2.96. The van der Waals surface area contributed by atoms with Crippen LogP contribution in [-0.2, 0) is 0 Å². The molecule has 0 saturated carbocycles. The van der Waals surface area contributed by atoms with Crippen LogP contribution in [0.15, 0.2) is 12.1 Å². The first-order chi connectivity index (χ1) is 6.07. The van der Waals surface area contributed by atoms with E-state index in [2.05, 4.69) is 0 Å². The third-order valence-corrected chi connectivity index (χ3v) is 1.91. The summed E-state index contributed by atoms with van der Waals surface area (Å²) < 4.78 is 13.0. The van der Waals surface area contributed by atoms with Gasteiger partial charge in [0.15, 0.2) is 5.78 Å². The monoisotopic (exact) mass is 177 g/mol. The molecule has 0 aliphatic rings. The maximum absolute atomic E-state index is 13.0. The maximum Gasteiger partial charge on any atom is 0.160 e. The van der Waals surface area contributed by atoms with Gasteiger partial charge in [0.1, 0.15) is 11.9 Å². The van der Waals surface area contributed by atoms with Crippen molar-refractivity contribution in [1.29, 1.82) is 5.26 Å². The van der Waals surface area contributed by atoms with Gasteiger partial charge in [-0.1, -0.05) is 0 Å². The highest BCUT2D eigenvalue weighted by atomic mass is 19.1. The van der Waals surface area contributed by atoms with Gasteiger partial charge in [0.2, 0.25) is 0 Å². The number of halogens is 1. The van der Waals surface area contributed by atoms with E-state index in [4.69, 9.17) is 5.26 Å². The fourth-order valence-corrected chi connectivity index (χ4v) is 1.20. The van der Waals surface area contributed by atoms with E-state index in [0.717, 1.165) is 6.07 Å². The molecule has 1 rings (SSSR count). The van der Waals surface area contributed by atoms with E-state index < -0.39 is 5.82 Å². The smallest absolute Gasteiger partial charge is 0.160 e. The van der Waals surface area contributed by atoms with Gasteiger partial charge in [-0.15, -0.1) is 0 Å². The van der Waals surface area contributed by atoms with Crippen molar-refractivity contribution in [3.8, 4) is 6.07 Å². The summed E-state index contributed by atoms with van der Waals surface area (Å²) >= 11 is 0. The van der Waals surface area contributed by atoms with Crippen LogP contribution in [0.2, 0.25) is 0 Å². The molecule has 13 heavy (non-hydrogen) atoms. The van der Waals surface area contributed by atoms with Gasteiger partial charge in [0.25, 0.3) is 0 Å². The van der Waals surface area contributed by atoms with E-state index in [0.29, 0.717) is 11.1 Å². The molecule has 0 aliphatic heterocycles. The minimum atomic E-state index is -0.579. The summed E-state index contributed by atoms with van der Waals surface area (Å²) in [4.78, 5) is 11.0. The van der Waals surface area contributed by atoms with Crippen molar-refractivity contribution in [2.45, 2.75) is 13.8 Å². The number of carbonyl (C=O) groups is 1. The van der Waals surface area contributed by atoms with E-state index in [1.165, 1.54) is 13.0 Å². The SMILES string of the molecule is CC(=O)c1ccc(F)c(C#N)c1C. The Bertz CT molecular complexity index is 404. The summed E-state index contributed by atoms with van der Waals surface area (Å²) in [5.74, 6) is -0.737. The van der Waals surface area contributed by atoms with E-state index >= 15 is 0 Å². The molecule has 0 aromatic heterocycles. The number of benzene rings is 1. The molecule has 0 unspecified atom stereocenters. The average Bonchev–Trinajstić information content (AvgIpc) is 2.04. The number of nitriles is 1. The maximum atomic E-state index is 13.0. The molecule has 2 nitrogen and oxygen atoms in total. The molecule has 3 heteroatoms. The molecule has 0 radical (unpaired) electrons. The van der Waals surface area contributed by atoms with Crippen molar-refractivity contribution >= 4 is 5.78 Å². The Balaban J connectivity index is 3.47. The molecule has 0 N–H and O–H groups in total. The topological polar surface area (TPSA) is 40.9 Å². The molecule has 1 aromatic rings. The lowest BCUT2D eigenvalue weighted by Crippen LogP contribution is -2.00. The standard InChI is InChI=1S/C10H8FNO/c1-6-8(7(2)13)3-4-10(11)9(6)5-12/h3-4H,1-2H3. The Morgan fingerprint density at radius 1 is 1.54 bits per heavy atom. The van der Waals surface area contributed by atoms with E-state index in [1.54, 1.807) is 13.0 Å². The lowest BCUT2D eigenvalue weighted by molar-refractivity contribution is 0.101. The van der Waals surface area contributed by atoms with E-state index in [1.807, 2.05) is 0 Å². The van der Waals surface area contributed by atoms with Crippen LogP contribution >= 0.6 is 0 Å². The molecule has 0 saturated heterocycles. The fourth-order valence-electron chi connectivity index (χ4n) is 1.20. The summed E-state index contributed by atoms with van der Waals surface area (Å²) in [6, 6.07) is 4.27. The van der Waals surface area contributed by atoms with Crippen LogP contribution in [0.4, 0.5) is 4.39 Å². The number of carbonyl (C=O) groups excluding carboxylic acids is 1. The van der Waals surface area contributed by atoms with Gasteiger partial charge in [-0.25, -0.2) is 4.39 Å². The predicted octanol–water partition coefficient (Wildman–Crippen LogP) is 2.21. The van der Waals surface area contributed by atoms with Crippen LogP contribution in [0.3, 0.4) is 0 Å². The zero-order chi connectivity index (χ0) is 10.0. The fraction of sp³-hybridized carbons (Fsp3) is 0.200.